The van der Waals surface area contributed by atoms with Crippen molar-refractivity contribution in [3.05, 3.63) is 29.1 Å². The first-order valence-electron chi connectivity index (χ1n) is 5.08. The van der Waals surface area contributed by atoms with Gasteiger partial charge in [-0.25, -0.2) is 21.6 Å². The van der Waals surface area contributed by atoms with Gasteiger partial charge in [0, 0.05) is 11.6 Å². The highest BCUT2D eigenvalue weighted by Crippen LogP contribution is 2.28. The van der Waals surface area contributed by atoms with Crippen molar-refractivity contribution >= 4 is 15.7 Å². The summed E-state index contributed by atoms with van der Waals surface area (Å²) in [5, 5.41) is 0. The first kappa shape index (κ1) is 14.8. The molecule has 0 heterocycles. The molecule has 102 valence electrons. The van der Waals surface area contributed by atoms with Crippen LogP contribution in [0.3, 0.4) is 0 Å². The predicted octanol–water partition coefficient (Wildman–Crippen LogP) is 1.89. The number of benzene rings is 1. The summed E-state index contributed by atoms with van der Waals surface area (Å²) in [7, 11) is -3.91. The average Bonchev–Trinajstić information content (AvgIpc) is 2.27. The van der Waals surface area contributed by atoms with E-state index in [9.17, 15) is 21.6 Å². The lowest BCUT2D eigenvalue weighted by Crippen LogP contribution is -2.17. The van der Waals surface area contributed by atoms with Crippen LogP contribution in [0.4, 0.5) is 18.9 Å². The average molecular weight is 282 g/mol. The smallest absolute Gasteiger partial charge is 0.230 e. The summed E-state index contributed by atoms with van der Waals surface area (Å²) in [4.78, 5) is 0. The Morgan fingerprint density at radius 1 is 1.33 bits per heavy atom. The molecule has 18 heavy (non-hydrogen) atoms. The number of sulfonamides is 1. The zero-order valence-electron chi connectivity index (χ0n) is 9.80. The van der Waals surface area contributed by atoms with Gasteiger partial charge in [0.1, 0.15) is 5.69 Å². The molecule has 0 amide bonds. The van der Waals surface area contributed by atoms with Crippen LogP contribution in [-0.2, 0) is 10.0 Å². The second-order valence-corrected chi connectivity index (χ2v) is 5.59. The molecule has 0 bridgehead atoms. The summed E-state index contributed by atoms with van der Waals surface area (Å²) in [6.07, 6.45) is 0.990. The molecule has 1 aromatic rings. The lowest BCUT2D eigenvalue weighted by atomic mass is 10.0. The molecule has 0 saturated carbocycles. The molecular weight excluding hydrogens is 269 g/mol. The quantitative estimate of drug-likeness (QED) is 0.828. The molecule has 0 aliphatic rings. The first-order valence-corrected chi connectivity index (χ1v) is 6.97. The van der Waals surface area contributed by atoms with Crippen molar-refractivity contribution in [1.29, 1.82) is 0 Å². The van der Waals surface area contributed by atoms with E-state index in [1.54, 1.807) is 11.6 Å². The molecule has 3 N–H and O–H groups in total. The number of nitrogens with one attached hydrogen (secondary N) is 1. The Morgan fingerprint density at radius 2 is 1.89 bits per heavy atom. The second kappa shape index (κ2) is 5.15. The van der Waals surface area contributed by atoms with Crippen molar-refractivity contribution in [1.82, 2.24) is 0 Å². The van der Waals surface area contributed by atoms with E-state index in [0.717, 1.165) is 0 Å². The summed E-state index contributed by atoms with van der Waals surface area (Å²) in [6, 6.07) is -0.165. The standard InChI is InChI=1S/C10H13F3N2O2S/c1-3-7(14)5-4-6(11)10(9(13)8(5)12)15-18(2,16)17/h4,7,15H,3,14H2,1-2H3/t7-/m1/s1. The zero-order valence-corrected chi connectivity index (χ0v) is 10.6. The summed E-state index contributed by atoms with van der Waals surface area (Å²) in [5.74, 6) is -4.16. The molecule has 1 atom stereocenters. The van der Waals surface area contributed by atoms with Crippen LogP contribution in [0.15, 0.2) is 6.07 Å². The third kappa shape index (κ3) is 3.14. The Labute approximate surface area is 103 Å². The Kier molecular flexibility index (Phi) is 4.23. The van der Waals surface area contributed by atoms with Crippen molar-refractivity contribution < 1.29 is 21.6 Å². The fraction of sp³-hybridized carbons (Fsp3) is 0.400. The maximum Gasteiger partial charge on any atom is 0.230 e. The third-order valence-corrected chi connectivity index (χ3v) is 2.89. The van der Waals surface area contributed by atoms with Crippen molar-refractivity contribution in [3.8, 4) is 0 Å². The molecule has 0 radical (unpaired) electrons. The monoisotopic (exact) mass is 282 g/mol. The van der Waals surface area contributed by atoms with Gasteiger partial charge in [-0.2, -0.15) is 0 Å². The van der Waals surface area contributed by atoms with Gasteiger partial charge in [0.15, 0.2) is 17.5 Å². The Bertz CT molecular complexity index is 561. The highest BCUT2D eigenvalue weighted by Gasteiger charge is 2.23. The molecule has 0 saturated heterocycles. The van der Waals surface area contributed by atoms with Gasteiger partial charge in [-0.15, -0.1) is 0 Å². The Balaban J connectivity index is 3.38. The second-order valence-electron chi connectivity index (χ2n) is 3.84. The molecule has 0 aliphatic heterocycles. The van der Waals surface area contributed by atoms with E-state index in [2.05, 4.69) is 0 Å². The van der Waals surface area contributed by atoms with E-state index in [1.165, 1.54) is 0 Å². The van der Waals surface area contributed by atoms with Crippen LogP contribution in [0, 0.1) is 17.5 Å². The largest absolute Gasteiger partial charge is 0.324 e. The van der Waals surface area contributed by atoms with Crippen LogP contribution in [-0.4, -0.2) is 14.7 Å². The lowest BCUT2D eigenvalue weighted by Gasteiger charge is -2.14. The van der Waals surface area contributed by atoms with E-state index < -0.39 is 39.2 Å². The molecule has 1 aromatic carbocycles. The van der Waals surface area contributed by atoms with Crippen LogP contribution in [0.2, 0.25) is 0 Å². The number of anilines is 1. The predicted molar refractivity (Wildman–Crippen MR) is 62.0 cm³/mol. The summed E-state index contributed by atoms with van der Waals surface area (Å²) >= 11 is 0. The molecule has 0 aliphatic carbocycles. The summed E-state index contributed by atoms with van der Waals surface area (Å²) in [5.41, 5.74) is 4.13. The van der Waals surface area contributed by atoms with Gasteiger partial charge in [0.2, 0.25) is 10.0 Å². The van der Waals surface area contributed by atoms with E-state index in [4.69, 9.17) is 5.73 Å². The van der Waals surface area contributed by atoms with Crippen LogP contribution in [0.5, 0.6) is 0 Å². The van der Waals surface area contributed by atoms with Crippen molar-refractivity contribution in [2.45, 2.75) is 19.4 Å². The molecule has 4 nitrogen and oxygen atoms in total. The van der Waals surface area contributed by atoms with Gasteiger partial charge in [0.25, 0.3) is 0 Å². The Morgan fingerprint density at radius 3 is 2.33 bits per heavy atom. The maximum absolute atomic E-state index is 13.6. The molecule has 0 unspecified atom stereocenters. The molecule has 0 aromatic heterocycles. The van der Waals surface area contributed by atoms with E-state index >= 15 is 0 Å². The summed E-state index contributed by atoms with van der Waals surface area (Å²) < 4.78 is 64.1. The molecular formula is C10H13F3N2O2S. The molecule has 8 heteroatoms. The van der Waals surface area contributed by atoms with Gasteiger partial charge >= 0.3 is 0 Å². The van der Waals surface area contributed by atoms with Gasteiger partial charge in [0.05, 0.1) is 6.26 Å². The molecule has 1 rings (SSSR count). The number of hydrogen-bond acceptors (Lipinski definition) is 3. The van der Waals surface area contributed by atoms with Gasteiger partial charge in [-0.1, -0.05) is 6.92 Å². The highest BCUT2D eigenvalue weighted by atomic mass is 32.2. The SMILES string of the molecule is CC[C@@H](N)c1cc(F)c(NS(C)(=O)=O)c(F)c1F. The van der Waals surface area contributed by atoms with Crippen LogP contribution >= 0.6 is 0 Å². The fourth-order valence-electron chi connectivity index (χ4n) is 1.38. The van der Waals surface area contributed by atoms with Crippen LogP contribution in [0.25, 0.3) is 0 Å². The van der Waals surface area contributed by atoms with Crippen molar-refractivity contribution in [2.75, 3.05) is 11.0 Å². The van der Waals surface area contributed by atoms with Gasteiger partial charge in [-0.05, 0) is 12.5 Å². The zero-order chi connectivity index (χ0) is 14.1. The van der Waals surface area contributed by atoms with Gasteiger partial charge < -0.3 is 5.73 Å². The third-order valence-electron chi connectivity index (χ3n) is 2.31. The first-order chi connectivity index (χ1) is 8.17. The van der Waals surface area contributed by atoms with E-state index in [-0.39, 0.29) is 12.0 Å². The van der Waals surface area contributed by atoms with Crippen LogP contribution in [0.1, 0.15) is 24.9 Å². The number of nitrogens with two attached hydrogens (primary N) is 1. The van der Waals surface area contributed by atoms with Gasteiger partial charge in [-0.3, -0.25) is 4.72 Å². The maximum atomic E-state index is 13.6. The number of rotatable bonds is 4. The normalized spacial score (nSPS) is 13.4. The lowest BCUT2D eigenvalue weighted by molar-refractivity contribution is 0.477. The molecule has 0 fully saturated rings. The minimum absolute atomic E-state index is 0.286. The number of hydrogen-bond donors (Lipinski definition) is 2. The summed E-state index contributed by atoms with van der Waals surface area (Å²) in [6.45, 7) is 1.63. The fourth-order valence-corrected chi connectivity index (χ4v) is 1.94. The highest BCUT2D eigenvalue weighted by molar-refractivity contribution is 7.92. The van der Waals surface area contributed by atoms with Crippen LogP contribution < -0.4 is 10.5 Å². The van der Waals surface area contributed by atoms with Crippen molar-refractivity contribution in [3.63, 3.8) is 0 Å². The minimum Gasteiger partial charge on any atom is -0.324 e. The minimum atomic E-state index is -3.91. The molecule has 0 spiro atoms. The van der Waals surface area contributed by atoms with E-state index in [1.807, 2.05) is 0 Å². The number of halogens is 3. The van der Waals surface area contributed by atoms with E-state index in [0.29, 0.717) is 12.3 Å². The Hall–Kier alpha value is -1.28. The topological polar surface area (TPSA) is 72.2 Å². The van der Waals surface area contributed by atoms with Crippen molar-refractivity contribution in [2.24, 2.45) is 5.73 Å².